The standard InChI is InChI=1S/C23H44N4O2.HI/c1-2-24-23(25-13-9-16-26-14-6-3-4-7-15-26)27-17-11-21(12-18-27)29-20-22-10-5-8-19-28-22;/h21-22H,2-20H2,1H3,(H,24,25);1H. The van der Waals surface area contributed by atoms with Crippen molar-refractivity contribution >= 4 is 29.9 Å². The molecule has 3 rings (SSSR count). The molecule has 3 fully saturated rings. The zero-order chi connectivity index (χ0) is 20.2. The summed E-state index contributed by atoms with van der Waals surface area (Å²) < 4.78 is 12.0. The highest BCUT2D eigenvalue weighted by molar-refractivity contribution is 14.0. The zero-order valence-corrected chi connectivity index (χ0v) is 21.5. The summed E-state index contributed by atoms with van der Waals surface area (Å²) in [6.07, 6.45) is 13.3. The lowest BCUT2D eigenvalue weighted by atomic mass is 10.1. The van der Waals surface area contributed by atoms with Gasteiger partial charge < -0.3 is 24.6 Å². The summed E-state index contributed by atoms with van der Waals surface area (Å²) >= 11 is 0. The van der Waals surface area contributed by atoms with Crippen molar-refractivity contribution in [3.05, 3.63) is 0 Å². The Balaban J connectivity index is 0.00000320. The van der Waals surface area contributed by atoms with Crippen molar-refractivity contribution in [1.82, 2.24) is 15.1 Å². The smallest absolute Gasteiger partial charge is 0.193 e. The summed E-state index contributed by atoms with van der Waals surface area (Å²) in [5, 5.41) is 3.50. The van der Waals surface area contributed by atoms with Crippen LogP contribution in [0.3, 0.4) is 0 Å². The van der Waals surface area contributed by atoms with Crippen molar-refractivity contribution in [2.75, 3.05) is 59.0 Å². The minimum Gasteiger partial charge on any atom is -0.376 e. The van der Waals surface area contributed by atoms with Crippen LogP contribution in [0.4, 0.5) is 0 Å². The summed E-state index contributed by atoms with van der Waals surface area (Å²) in [6, 6.07) is 0. The van der Waals surface area contributed by atoms with Gasteiger partial charge in [0.1, 0.15) is 0 Å². The van der Waals surface area contributed by atoms with Gasteiger partial charge >= 0.3 is 0 Å². The average Bonchev–Trinajstić information content (AvgIpc) is 3.04. The molecular weight excluding hydrogens is 491 g/mol. The van der Waals surface area contributed by atoms with Crippen molar-refractivity contribution in [3.63, 3.8) is 0 Å². The lowest BCUT2D eigenvalue weighted by Gasteiger charge is -2.35. The maximum absolute atomic E-state index is 6.17. The molecule has 7 heteroatoms. The number of hydrogen-bond donors (Lipinski definition) is 1. The van der Waals surface area contributed by atoms with E-state index < -0.39 is 0 Å². The van der Waals surface area contributed by atoms with E-state index in [1.165, 1.54) is 58.2 Å². The Morgan fingerprint density at radius 1 is 1.00 bits per heavy atom. The number of aliphatic imine (C=N–C) groups is 1. The predicted octanol–water partition coefficient (Wildman–Crippen LogP) is 3.89. The fraction of sp³-hybridized carbons (Fsp3) is 0.957. The summed E-state index contributed by atoms with van der Waals surface area (Å²) in [7, 11) is 0. The van der Waals surface area contributed by atoms with E-state index in [0.29, 0.717) is 12.2 Å². The van der Waals surface area contributed by atoms with Gasteiger partial charge in [0.15, 0.2) is 5.96 Å². The lowest BCUT2D eigenvalue weighted by Crippen LogP contribution is -2.47. The average molecular weight is 537 g/mol. The van der Waals surface area contributed by atoms with Crippen LogP contribution in [0.25, 0.3) is 0 Å². The quantitative estimate of drug-likeness (QED) is 0.221. The molecule has 0 aromatic rings. The molecule has 0 amide bonds. The summed E-state index contributed by atoms with van der Waals surface area (Å²) in [6.45, 7) is 11.5. The highest BCUT2D eigenvalue weighted by Crippen LogP contribution is 2.18. The molecule has 0 aromatic carbocycles. The third-order valence-corrected chi connectivity index (χ3v) is 6.46. The third kappa shape index (κ3) is 9.57. The number of halogens is 1. The molecule has 1 atom stereocenters. The molecule has 3 heterocycles. The van der Waals surface area contributed by atoms with Gasteiger partial charge in [-0.1, -0.05) is 12.8 Å². The molecular formula is C23H45IN4O2. The zero-order valence-electron chi connectivity index (χ0n) is 19.2. The van der Waals surface area contributed by atoms with Crippen molar-refractivity contribution in [1.29, 1.82) is 0 Å². The predicted molar refractivity (Wildman–Crippen MR) is 135 cm³/mol. The molecule has 3 aliphatic heterocycles. The Labute approximate surface area is 201 Å². The molecule has 3 aliphatic rings. The van der Waals surface area contributed by atoms with E-state index in [1.807, 2.05) is 0 Å². The summed E-state index contributed by atoms with van der Waals surface area (Å²) in [5.74, 6) is 1.09. The van der Waals surface area contributed by atoms with Crippen LogP contribution in [0.1, 0.15) is 71.1 Å². The number of guanidine groups is 1. The molecule has 0 aromatic heterocycles. The topological polar surface area (TPSA) is 49.3 Å². The van der Waals surface area contributed by atoms with Gasteiger partial charge in [-0.2, -0.15) is 0 Å². The van der Waals surface area contributed by atoms with Crippen LogP contribution in [-0.2, 0) is 9.47 Å². The van der Waals surface area contributed by atoms with E-state index in [0.717, 1.165) is 71.0 Å². The number of hydrogen-bond acceptors (Lipinski definition) is 4. The summed E-state index contributed by atoms with van der Waals surface area (Å²) in [4.78, 5) is 9.99. The van der Waals surface area contributed by atoms with Crippen LogP contribution in [0.5, 0.6) is 0 Å². The first-order valence-electron chi connectivity index (χ1n) is 12.3. The Hall–Kier alpha value is -0.120. The molecule has 0 aliphatic carbocycles. The second-order valence-corrected chi connectivity index (χ2v) is 8.85. The second kappa shape index (κ2) is 15.6. The molecule has 1 N–H and O–H groups in total. The highest BCUT2D eigenvalue weighted by Gasteiger charge is 2.23. The Morgan fingerprint density at radius 2 is 1.77 bits per heavy atom. The number of nitrogens with zero attached hydrogens (tertiary/aromatic N) is 3. The maximum atomic E-state index is 6.17. The minimum atomic E-state index is 0. The van der Waals surface area contributed by atoms with Crippen molar-refractivity contribution in [2.24, 2.45) is 4.99 Å². The van der Waals surface area contributed by atoms with Crippen LogP contribution >= 0.6 is 24.0 Å². The van der Waals surface area contributed by atoms with Gasteiger partial charge in [0.2, 0.25) is 0 Å². The molecule has 176 valence electrons. The Kier molecular flexibility index (Phi) is 13.6. The minimum absolute atomic E-state index is 0. The number of ether oxygens (including phenoxy) is 2. The number of piperidine rings is 1. The van der Waals surface area contributed by atoms with E-state index >= 15 is 0 Å². The summed E-state index contributed by atoms with van der Waals surface area (Å²) in [5.41, 5.74) is 0. The van der Waals surface area contributed by atoms with Gasteiger partial charge in [0.05, 0.1) is 18.8 Å². The monoisotopic (exact) mass is 536 g/mol. The first-order chi connectivity index (χ1) is 14.3. The van der Waals surface area contributed by atoms with Crippen molar-refractivity contribution in [3.8, 4) is 0 Å². The largest absolute Gasteiger partial charge is 0.376 e. The SMILES string of the molecule is CCNC(=NCCCN1CCCCCC1)N1CCC(OCC2CCCCO2)CC1.I. The first-order valence-corrected chi connectivity index (χ1v) is 12.3. The normalized spacial score (nSPS) is 24.9. The van der Waals surface area contributed by atoms with E-state index in [4.69, 9.17) is 14.5 Å². The van der Waals surface area contributed by atoms with Crippen molar-refractivity contribution in [2.45, 2.75) is 83.3 Å². The third-order valence-electron chi connectivity index (χ3n) is 6.46. The maximum Gasteiger partial charge on any atom is 0.193 e. The van der Waals surface area contributed by atoms with Gasteiger partial charge in [-0.05, 0) is 77.9 Å². The van der Waals surface area contributed by atoms with Crippen LogP contribution in [0, 0.1) is 0 Å². The molecule has 0 spiro atoms. The molecule has 0 radical (unpaired) electrons. The molecule has 3 saturated heterocycles. The fourth-order valence-corrected chi connectivity index (χ4v) is 4.68. The Bertz CT molecular complexity index is 458. The van der Waals surface area contributed by atoms with Gasteiger partial charge in [0, 0.05) is 32.8 Å². The molecule has 1 unspecified atom stereocenters. The van der Waals surface area contributed by atoms with Crippen LogP contribution in [-0.4, -0.2) is 87.0 Å². The highest BCUT2D eigenvalue weighted by atomic mass is 127. The molecule has 30 heavy (non-hydrogen) atoms. The van der Waals surface area contributed by atoms with Gasteiger partial charge in [-0.25, -0.2) is 0 Å². The first kappa shape index (κ1) is 26.1. The fourth-order valence-electron chi connectivity index (χ4n) is 4.68. The van der Waals surface area contributed by atoms with Crippen LogP contribution < -0.4 is 5.32 Å². The van der Waals surface area contributed by atoms with Crippen LogP contribution in [0.15, 0.2) is 4.99 Å². The van der Waals surface area contributed by atoms with E-state index in [1.54, 1.807) is 0 Å². The van der Waals surface area contributed by atoms with E-state index in [2.05, 4.69) is 22.0 Å². The molecule has 0 saturated carbocycles. The number of nitrogens with one attached hydrogen (secondary N) is 1. The Morgan fingerprint density at radius 3 is 2.43 bits per heavy atom. The van der Waals surface area contributed by atoms with Crippen molar-refractivity contribution < 1.29 is 9.47 Å². The number of rotatable bonds is 8. The molecule has 0 bridgehead atoms. The van der Waals surface area contributed by atoms with Gasteiger partial charge in [-0.3, -0.25) is 4.99 Å². The second-order valence-electron chi connectivity index (χ2n) is 8.85. The van der Waals surface area contributed by atoms with E-state index in [9.17, 15) is 0 Å². The lowest BCUT2D eigenvalue weighted by molar-refractivity contribution is -0.0721. The van der Waals surface area contributed by atoms with Gasteiger partial charge in [-0.15, -0.1) is 24.0 Å². The molecule has 6 nitrogen and oxygen atoms in total. The van der Waals surface area contributed by atoms with Crippen LogP contribution in [0.2, 0.25) is 0 Å². The van der Waals surface area contributed by atoms with E-state index in [-0.39, 0.29) is 24.0 Å². The van der Waals surface area contributed by atoms with Gasteiger partial charge in [0.25, 0.3) is 0 Å². The number of likely N-dealkylation sites (tertiary alicyclic amines) is 2.